The molecule has 0 bridgehead atoms. The molecule has 6 heteroatoms. The van der Waals surface area contributed by atoms with Crippen molar-refractivity contribution in [1.29, 1.82) is 0 Å². The van der Waals surface area contributed by atoms with Crippen LogP contribution in [0.15, 0.2) is 72.8 Å². The number of alkyl carbamates (subject to hydrolysis) is 1. The van der Waals surface area contributed by atoms with E-state index in [0.717, 1.165) is 28.3 Å². The van der Waals surface area contributed by atoms with E-state index in [2.05, 4.69) is 5.32 Å². The largest absolute Gasteiger partial charge is 0.479 e. The standard InChI is InChI=1S/C23H18FNO4/c24-20-12-6-5-11-18(20)21(22(26)27)25-23(28)29-13-19-16-9-3-1-7-14(16)15-8-2-4-10-17(15)19/h1-12,19,21H,13H2,(H,25,28)(H,26,27)/t21-/m0/s1. The summed E-state index contributed by atoms with van der Waals surface area (Å²) in [6.45, 7) is 0.0451. The van der Waals surface area contributed by atoms with Crippen LogP contribution in [-0.2, 0) is 9.53 Å². The zero-order chi connectivity index (χ0) is 20.4. The zero-order valence-corrected chi connectivity index (χ0v) is 15.3. The molecule has 1 aliphatic rings. The summed E-state index contributed by atoms with van der Waals surface area (Å²) in [4.78, 5) is 23.8. The van der Waals surface area contributed by atoms with E-state index in [-0.39, 0.29) is 18.1 Å². The summed E-state index contributed by atoms with van der Waals surface area (Å²) in [7, 11) is 0. The minimum Gasteiger partial charge on any atom is -0.479 e. The van der Waals surface area contributed by atoms with E-state index in [1.807, 2.05) is 48.5 Å². The first-order valence-electron chi connectivity index (χ1n) is 9.15. The van der Waals surface area contributed by atoms with Gasteiger partial charge in [0.25, 0.3) is 0 Å². The van der Waals surface area contributed by atoms with Crippen LogP contribution >= 0.6 is 0 Å². The molecule has 0 saturated carbocycles. The third kappa shape index (κ3) is 3.57. The van der Waals surface area contributed by atoms with Crippen molar-refractivity contribution < 1.29 is 23.8 Å². The number of fused-ring (bicyclic) bond motifs is 3. The molecule has 1 aliphatic carbocycles. The molecule has 5 nitrogen and oxygen atoms in total. The molecule has 1 amide bonds. The summed E-state index contributed by atoms with van der Waals surface area (Å²) in [5.41, 5.74) is 4.14. The number of halogens is 1. The SMILES string of the molecule is O=C(N[C@H](C(=O)O)c1ccccc1F)OCC1c2ccccc2-c2ccccc21. The summed E-state index contributed by atoms with van der Waals surface area (Å²) in [6, 6.07) is 19.7. The number of aliphatic carboxylic acids is 1. The predicted molar refractivity (Wildman–Crippen MR) is 105 cm³/mol. The van der Waals surface area contributed by atoms with Crippen LogP contribution in [0, 0.1) is 5.82 Å². The second kappa shape index (κ2) is 7.75. The normalized spacial score (nSPS) is 13.3. The summed E-state index contributed by atoms with van der Waals surface area (Å²) < 4.78 is 19.3. The van der Waals surface area contributed by atoms with Gasteiger partial charge in [-0.1, -0.05) is 66.7 Å². The van der Waals surface area contributed by atoms with Crippen LogP contribution in [0.2, 0.25) is 0 Å². The first-order valence-corrected chi connectivity index (χ1v) is 9.15. The van der Waals surface area contributed by atoms with Crippen molar-refractivity contribution in [2.75, 3.05) is 6.61 Å². The molecule has 4 rings (SSSR count). The highest BCUT2D eigenvalue weighted by Crippen LogP contribution is 2.44. The Kier molecular flexibility index (Phi) is 4.99. The van der Waals surface area contributed by atoms with E-state index in [9.17, 15) is 19.1 Å². The van der Waals surface area contributed by atoms with E-state index in [4.69, 9.17) is 4.74 Å². The van der Waals surface area contributed by atoms with Gasteiger partial charge in [-0.3, -0.25) is 0 Å². The Morgan fingerprint density at radius 1 is 0.931 bits per heavy atom. The number of nitrogens with one attached hydrogen (secondary N) is 1. The highest BCUT2D eigenvalue weighted by molar-refractivity contribution is 5.82. The number of rotatable bonds is 5. The molecule has 0 radical (unpaired) electrons. The smallest absolute Gasteiger partial charge is 0.408 e. The lowest BCUT2D eigenvalue weighted by molar-refractivity contribution is -0.139. The van der Waals surface area contributed by atoms with Gasteiger partial charge in [0.05, 0.1) is 0 Å². The molecule has 0 heterocycles. The molecule has 0 aliphatic heterocycles. The molecule has 0 spiro atoms. The Balaban J connectivity index is 1.50. The molecule has 2 N–H and O–H groups in total. The second-order valence-corrected chi connectivity index (χ2v) is 6.76. The van der Waals surface area contributed by atoms with Crippen LogP contribution in [0.3, 0.4) is 0 Å². The molecule has 0 fully saturated rings. The van der Waals surface area contributed by atoms with Gasteiger partial charge in [0.15, 0.2) is 6.04 Å². The highest BCUT2D eigenvalue weighted by atomic mass is 19.1. The molecule has 0 saturated heterocycles. The molecular weight excluding hydrogens is 373 g/mol. The highest BCUT2D eigenvalue weighted by Gasteiger charge is 2.30. The van der Waals surface area contributed by atoms with E-state index in [0.29, 0.717) is 0 Å². The van der Waals surface area contributed by atoms with Crippen molar-refractivity contribution in [2.24, 2.45) is 0 Å². The molecule has 0 unspecified atom stereocenters. The van der Waals surface area contributed by atoms with E-state index in [1.54, 1.807) is 0 Å². The predicted octanol–water partition coefficient (Wildman–Crippen LogP) is 4.49. The lowest BCUT2D eigenvalue weighted by Crippen LogP contribution is -2.35. The van der Waals surface area contributed by atoms with Gasteiger partial charge in [-0.15, -0.1) is 0 Å². The summed E-state index contributed by atoms with van der Waals surface area (Å²) in [5.74, 6) is -2.23. The number of carboxylic acid groups (broad SMARTS) is 1. The maximum atomic E-state index is 14.0. The van der Waals surface area contributed by atoms with Gasteiger partial charge in [-0.25, -0.2) is 14.0 Å². The summed E-state index contributed by atoms with van der Waals surface area (Å²) >= 11 is 0. The summed E-state index contributed by atoms with van der Waals surface area (Å²) in [6.07, 6.45) is -0.914. The Labute approximate surface area is 166 Å². The number of carboxylic acids is 1. The average Bonchev–Trinajstić information content (AvgIpc) is 3.05. The quantitative estimate of drug-likeness (QED) is 0.672. The Hall–Kier alpha value is -3.67. The fourth-order valence-electron chi connectivity index (χ4n) is 3.74. The van der Waals surface area contributed by atoms with Gasteiger partial charge in [-0.05, 0) is 28.3 Å². The maximum Gasteiger partial charge on any atom is 0.408 e. The topological polar surface area (TPSA) is 75.6 Å². The monoisotopic (exact) mass is 391 g/mol. The van der Waals surface area contributed by atoms with Gasteiger partial charge in [0, 0.05) is 11.5 Å². The fourth-order valence-corrected chi connectivity index (χ4v) is 3.74. The van der Waals surface area contributed by atoms with Crippen LogP contribution in [0.1, 0.15) is 28.7 Å². The molecule has 0 aromatic heterocycles. The molecule has 3 aromatic carbocycles. The van der Waals surface area contributed by atoms with Gasteiger partial charge >= 0.3 is 12.1 Å². The third-order valence-electron chi connectivity index (χ3n) is 5.07. The van der Waals surface area contributed by atoms with Crippen molar-refractivity contribution in [3.05, 3.63) is 95.3 Å². The van der Waals surface area contributed by atoms with Crippen molar-refractivity contribution in [1.82, 2.24) is 5.32 Å². The number of carbonyl (C=O) groups excluding carboxylic acids is 1. The number of hydrogen-bond acceptors (Lipinski definition) is 3. The van der Waals surface area contributed by atoms with Gasteiger partial charge in [-0.2, -0.15) is 0 Å². The minimum atomic E-state index is -1.54. The number of amides is 1. The van der Waals surface area contributed by atoms with Crippen molar-refractivity contribution in [3.8, 4) is 11.1 Å². The lowest BCUT2D eigenvalue weighted by atomic mass is 9.98. The number of hydrogen-bond donors (Lipinski definition) is 2. The molecule has 29 heavy (non-hydrogen) atoms. The summed E-state index contributed by atoms with van der Waals surface area (Å²) in [5, 5.41) is 11.6. The first-order chi connectivity index (χ1) is 14.1. The van der Waals surface area contributed by atoms with Crippen molar-refractivity contribution >= 4 is 12.1 Å². The van der Waals surface area contributed by atoms with Crippen LogP contribution in [0.4, 0.5) is 9.18 Å². The fraction of sp³-hybridized carbons (Fsp3) is 0.130. The van der Waals surface area contributed by atoms with E-state index in [1.165, 1.54) is 18.2 Å². The van der Waals surface area contributed by atoms with Gasteiger partial charge in [0.2, 0.25) is 0 Å². The minimum absolute atomic E-state index is 0.0451. The van der Waals surface area contributed by atoms with Crippen LogP contribution < -0.4 is 5.32 Å². The maximum absolute atomic E-state index is 14.0. The Morgan fingerprint density at radius 2 is 1.48 bits per heavy atom. The van der Waals surface area contributed by atoms with Gasteiger partial charge in [0.1, 0.15) is 12.4 Å². The van der Waals surface area contributed by atoms with Gasteiger partial charge < -0.3 is 15.2 Å². The number of benzene rings is 3. The number of carbonyl (C=O) groups is 2. The van der Waals surface area contributed by atoms with E-state index >= 15 is 0 Å². The Bertz CT molecular complexity index is 1040. The third-order valence-corrected chi connectivity index (χ3v) is 5.07. The molecular formula is C23H18FNO4. The zero-order valence-electron chi connectivity index (χ0n) is 15.3. The van der Waals surface area contributed by atoms with Crippen LogP contribution in [0.25, 0.3) is 11.1 Å². The molecule has 3 aromatic rings. The molecule has 1 atom stereocenters. The van der Waals surface area contributed by atoms with E-state index < -0.39 is 23.9 Å². The molecule has 146 valence electrons. The second-order valence-electron chi connectivity index (χ2n) is 6.76. The van der Waals surface area contributed by atoms with Crippen LogP contribution in [0.5, 0.6) is 0 Å². The van der Waals surface area contributed by atoms with Crippen LogP contribution in [-0.4, -0.2) is 23.8 Å². The lowest BCUT2D eigenvalue weighted by Gasteiger charge is -2.18. The average molecular weight is 391 g/mol. The number of ether oxygens (including phenoxy) is 1. The Morgan fingerprint density at radius 3 is 2.07 bits per heavy atom. The first kappa shape index (κ1) is 18.7. The van der Waals surface area contributed by atoms with Crippen molar-refractivity contribution in [2.45, 2.75) is 12.0 Å². The van der Waals surface area contributed by atoms with Crippen molar-refractivity contribution in [3.63, 3.8) is 0 Å².